The first-order chi connectivity index (χ1) is 9.56. The minimum Gasteiger partial charge on any atom is -0.480 e. The van der Waals surface area contributed by atoms with Gasteiger partial charge in [-0.3, -0.25) is 4.79 Å². The van der Waals surface area contributed by atoms with E-state index in [4.69, 9.17) is 10.8 Å². The van der Waals surface area contributed by atoms with Crippen LogP contribution >= 0.6 is 0 Å². The minimum absolute atomic E-state index is 0.337. The van der Waals surface area contributed by atoms with Crippen molar-refractivity contribution in [2.24, 2.45) is 5.73 Å². The smallest absolute Gasteiger partial charge is 0.326 e. The first kappa shape index (κ1) is 12.4. The Morgan fingerprint density at radius 1 is 1.45 bits per heavy atom. The number of aromatic amines is 1. The van der Waals surface area contributed by atoms with E-state index in [-0.39, 0.29) is 0 Å². The van der Waals surface area contributed by atoms with E-state index in [1.165, 1.54) is 10.9 Å². The summed E-state index contributed by atoms with van der Waals surface area (Å²) in [7, 11) is 0. The number of nitrogens with two attached hydrogens (primary N) is 1. The Labute approximate surface area is 114 Å². The normalized spacial score (nSPS) is 12.7. The van der Waals surface area contributed by atoms with Crippen molar-refractivity contribution in [3.8, 4) is 5.69 Å². The van der Waals surface area contributed by atoms with Crippen molar-refractivity contribution in [1.29, 1.82) is 0 Å². The lowest BCUT2D eigenvalue weighted by atomic mass is 10.2. The molecule has 0 saturated carbocycles. The molecule has 3 aromatic rings. The van der Waals surface area contributed by atoms with Crippen molar-refractivity contribution in [2.75, 3.05) is 0 Å². The van der Waals surface area contributed by atoms with E-state index >= 15 is 0 Å². The average Bonchev–Trinajstić information content (AvgIpc) is 3.01. The predicted molar refractivity (Wildman–Crippen MR) is 72.5 cm³/mol. The Kier molecular flexibility index (Phi) is 2.76. The molecule has 0 saturated heterocycles. The molecule has 1 unspecified atom stereocenters. The lowest BCUT2D eigenvalue weighted by molar-refractivity contribution is -0.138. The largest absolute Gasteiger partial charge is 0.480 e. The summed E-state index contributed by atoms with van der Waals surface area (Å²) in [5.41, 5.74) is 8.75. The lowest BCUT2D eigenvalue weighted by Crippen LogP contribution is -2.23. The second-order valence-corrected chi connectivity index (χ2v) is 4.61. The second kappa shape index (κ2) is 4.46. The zero-order valence-electron chi connectivity index (χ0n) is 10.7. The summed E-state index contributed by atoms with van der Waals surface area (Å²) in [6.45, 7) is 1.97. The van der Waals surface area contributed by atoms with Crippen LogP contribution in [0, 0.1) is 6.92 Å². The number of carboxylic acids is 1. The number of fused-ring (bicyclic) bond motifs is 1. The van der Waals surface area contributed by atoms with Gasteiger partial charge in [0.05, 0.1) is 17.6 Å². The Balaban J connectivity index is 2.11. The van der Waals surface area contributed by atoms with E-state index in [9.17, 15) is 4.79 Å². The molecule has 3 rings (SSSR count). The fourth-order valence-electron chi connectivity index (χ4n) is 2.18. The van der Waals surface area contributed by atoms with Crippen LogP contribution in [0.5, 0.6) is 0 Å². The second-order valence-electron chi connectivity index (χ2n) is 4.61. The molecular formula is C13H13N5O2. The summed E-state index contributed by atoms with van der Waals surface area (Å²) in [4.78, 5) is 14.2. The van der Waals surface area contributed by atoms with Gasteiger partial charge in [-0.25, -0.2) is 4.68 Å². The summed E-state index contributed by atoms with van der Waals surface area (Å²) in [6, 6.07) is 6.51. The van der Waals surface area contributed by atoms with Gasteiger partial charge in [-0.1, -0.05) is 5.21 Å². The minimum atomic E-state index is -1.16. The van der Waals surface area contributed by atoms with Gasteiger partial charge in [-0.15, -0.1) is 5.10 Å². The SMILES string of the molecule is Cc1cc2cc(-n3nncc3C(N)C(=O)O)ccc2[nH]1. The van der Waals surface area contributed by atoms with Crippen LogP contribution in [-0.4, -0.2) is 31.1 Å². The number of benzene rings is 1. The van der Waals surface area contributed by atoms with Gasteiger partial charge in [0, 0.05) is 16.6 Å². The van der Waals surface area contributed by atoms with Crippen LogP contribution < -0.4 is 5.73 Å². The molecule has 7 nitrogen and oxygen atoms in total. The Hall–Kier alpha value is -2.67. The number of hydrogen-bond donors (Lipinski definition) is 3. The van der Waals surface area contributed by atoms with Gasteiger partial charge >= 0.3 is 5.97 Å². The fraction of sp³-hybridized carbons (Fsp3) is 0.154. The van der Waals surface area contributed by atoms with E-state index in [1.54, 1.807) is 0 Å². The van der Waals surface area contributed by atoms with E-state index in [2.05, 4.69) is 15.3 Å². The van der Waals surface area contributed by atoms with Gasteiger partial charge in [-0.2, -0.15) is 0 Å². The standard InChI is InChI=1S/C13H13N5O2/c1-7-4-8-5-9(2-3-10(8)16-7)18-11(6-15-17-18)12(14)13(19)20/h2-6,12,16H,14H2,1H3,(H,19,20). The maximum atomic E-state index is 11.0. The molecular weight excluding hydrogens is 258 g/mol. The molecule has 0 aliphatic carbocycles. The number of aromatic nitrogens is 4. The molecule has 2 heterocycles. The highest BCUT2D eigenvalue weighted by Gasteiger charge is 2.20. The van der Waals surface area contributed by atoms with Crippen molar-refractivity contribution in [1.82, 2.24) is 20.0 Å². The number of carbonyl (C=O) groups is 1. The topological polar surface area (TPSA) is 110 Å². The van der Waals surface area contributed by atoms with Crippen LogP contribution in [0.15, 0.2) is 30.5 Å². The number of hydrogen-bond acceptors (Lipinski definition) is 4. The van der Waals surface area contributed by atoms with Crippen LogP contribution in [0.3, 0.4) is 0 Å². The average molecular weight is 271 g/mol. The highest BCUT2D eigenvalue weighted by Crippen LogP contribution is 2.21. The summed E-state index contributed by atoms with van der Waals surface area (Å²) in [5.74, 6) is -1.12. The van der Waals surface area contributed by atoms with Crippen molar-refractivity contribution in [2.45, 2.75) is 13.0 Å². The molecule has 0 fully saturated rings. The first-order valence-electron chi connectivity index (χ1n) is 6.05. The molecule has 1 aromatic carbocycles. The van der Waals surface area contributed by atoms with E-state index in [0.29, 0.717) is 5.69 Å². The van der Waals surface area contributed by atoms with Gasteiger partial charge in [0.1, 0.15) is 6.04 Å². The van der Waals surface area contributed by atoms with Crippen LogP contribution in [0.4, 0.5) is 0 Å². The molecule has 0 radical (unpaired) electrons. The van der Waals surface area contributed by atoms with Crippen molar-refractivity contribution >= 4 is 16.9 Å². The molecule has 4 N–H and O–H groups in total. The summed E-state index contributed by atoms with van der Waals surface area (Å²) in [5, 5.41) is 17.7. The van der Waals surface area contributed by atoms with Gasteiger partial charge in [0.2, 0.25) is 0 Å². The van der Waals surface area contributed by atoms with Crippen LogP contribution in [0.2, 0.25) is 0 Å². The van der Waals surface area contributed by atoms with Gasteiger partial charge < -0.3 is 15.8 Å². The number of nitrogens with one attached hydrogen (secondary N) is 1. The number of rotatable bonds is 3. The molecule has 0 aliphatic heterocycles. The number of nitrogens with zero attached hydrogens (tertiary/aromatic N) is 3. The van der Waals surface area contributed by atoms with Gasteiger partial charge in [-0.05, 0) is 31.2 Å². The molecule has 7 heteroatoms. The summed E-state index contributed by atoms with van der Waals surface area (Å²) < 4.78 is 1.44. The molecule has 0 aliphatic rings. The van der Waals surface area contributed by atoms with Crippen LogP contribution in [0.1, 0.15) is 17.4 Å². The third-order valence-electron chi connectivity index (χ3n) is 3.14. The van der Waals surface area contributed by atoms with E-state index in [1.807, 2.05) is 31.2 Å². The maximum absolute atomic E-state index is 11.0. The number of H-pyrrole nitrogens is 1. The Morgan fingerprint density at radius 2 is 2.25 bits per heavy atom. The fourth-order valence-corrected chi connectivity index (χ4v) is 2.18. The summed E-state index contributed by atoms with van der Waals surface area (Å²) >= 11 is 0. The van der Waals surface area contributed by atoms with Crippen LogP contribution in [-0.2, 0) is 4.79 Å². The maximum Gasteiger partial charge on any atom is 0.326 e. The highest BCUT2D eigenvalue weighted by atomic mass is 16.4. The van der Waals surface area contributed by atoms with Crippen molar-refractivity contribution in [3.05, 3.63) is 41.9 Å². The van der Waals surface area contributed by atoms with E-state index in [0.717, 1.165) is 22.3 Å². The predicted octanol–water partition coefficient (Wildman–Crippen LogP) is 1.14. The van der Waals surface area contributed by atoms with Crippen LogP contribution in [0.25, 0.3) is 16.6 Å². The van der Waals surface area contributed by atoms with Gasteiger partial charge in [0.25, 0.3) is 0 Å². The quantitative estimate of drug-likeness (QED) is 0.661. The zero-order valence-corrected chi connectivity index (χ0v) is 10.7. The van der Waals surface area contributed by atoms with E-state index < -0.39 is 12.0 Å². The molecule has 0 spiro atoms. The summed E-state index contributed by atoms with van der Waals surface area (Å²) in [6.07, 6.45) is 1.37. The number of aryl methyl sites for hydroxylation is 1. The third kappa shape index (κ3) is 1.94. The molecule has 0 bridgehead atoms. The molecule has 102 valence electrons. The number of carboxylic acid groups (broad SMARTS) is 1. The molecule has 1 atom stereocenters. The molecule has 20 heavy (non-hydrogen) atoms. The lowest BCUT2D eigenvalue weighted by Gasteiger charge is -2.09. The zero-order chi connectivity index (χ0) is 14.3. The Bertz CT molecular complexity index is 789. The number of aliphatic carboxylic acids is 1. The first-order valence-corrected chi connectivity index (χ1v) is 6.05. The molecule has 0 amide bonds. The third-order valence-corrected chi connectivity index (χ3v) is 3.14. The molecule has 2 aromatic heterocycles. The Morgan fingerprint density at radius 3 is 3.00 bits per heavy atom. The van der Waals surface area contributed by atoms with Crippen molar-refractivity contribution in [3.63, 3.8) is 0 Å². The monoisotopic (exact) mass is 271 g/mol. The van der Waals surface area contributed by atoms with Gasteiger partial charge in [0.15, 0.2) is 0 Å². The highest BCUT2D eigenvalue weighted by molar-refractivity contribution is 5.82. The van der Waals surface area contributed by atoms with Crippen molar-refractivity contribution < 1.29 is 9.90 Å².